The summed E-state index contributed by atoms with van der Waals surface area (Å²) in [5.41, 5.74) is 0.525. The van der Waals surface area contributed by atoms with Crippen LogP contribution in [0.2, 0.25) is 0 Å². The van der Waals surface area contributed by atoms with Crippen LogP contribution in [-0.2, 0) is 16.6 Å². The van der Waals surface area contributed by atoms with E-state index in [9.17, 15) is 13.2 Å². The predicted octanol–water partition coefficient (Wildman–Crippen LogP) is 1.51. The second-order valence-corrected chi connectivity index (χ2v) is 7.65. The van der Waals surface area contributed by atoms with Crippen LogP contribution in [0.25, 0.3) is 11.4 Å². The molecule has 1 aromatic carbocycles. The zero-order valence-corrected chi connectivity index (χ0v) is 14.9. The van der Waals surface area contributed by atoms with Crippen LogP contribution in [0.4, 0.5) is 0 Å². The highest BCUT2D eigenvalue weighted by Crippen LogP contribution is 2.20. The number of carbonyl (C=O) groups excluding carboxylic acids is 1. The quantitative estimate of drug-likeness (QED) is 0.692. The van der Waals surface area contributed by atoms with Crippen molar-refractivity contribution in [3.63, 3.8) is 0 Å². The SMILES string of the molecule is CN(C)S(=O)(=O)c1ccc(-c2noc(C(=O)NCc3ccco3)n2)cc1. The number of furan rings is 1. The van der Waals surface area contributed by atoms with Crippen LogP contribution < -0.4 is 5.32 Å². The van der Waals surface area contributed by atoms with Crippen molar-refractivity contribution in [3.05, 3.63) is 54.3 Å². The highest BCUT2D eigenvalue weighted by Gasteiger charge is 2.19. The molecule has 10 heteroatoms. The Bertz CT molecular complexity index is 992. The first-order valence-electron chi connectivity index (χ1n) is 7.55. The maximum atomic E-state index is 12.1. The number of nitrogens with zero attached hydrogens (tertiary/aromatic N) is 3. The fraction of sp³-hybridized carbons (Fsp3) is 0.188. The van der Waals surface area contributed by atoms with E-state index in [0.29, 0.717) is 11.3 Å². The lowest BCUT2D eigenvalue weighted by Crippen LogP contribution is -2.22. The molecule has 0 aliphatic rings. The summed E-state index contributed by atoms with van der Waals surface area (Å²) in [5.74, 6) is 0.0428. The molecule has 1 amide bonds. The van der Waals surface area contributed by atoms with Crippen LogP contribution in [-0.4, -0.2) is 42.9 Å². The van der Waals surface area contributed by atoms with Gasteiger partial charge in [0, 0.05) is 19.7 Å². The number of nitrogens with one attached hydrogen (secondary N) is 1. The van der Waals surface area contributed by atoms with Gasteiger partial charge >= 0.3 is 11.8 Å². The average Bonchev–Trinajstić information content (AvgIpc) is 3.31. The molecule has 0 fully saturated rings. The third-order valence-corrected chi connectivity index (χ3v) is 5.34. The van der Waals surface area contributed by atoms with Gasteiger partial charge in [0.15, 0.2) is 0 Å². The largest absolute Gasteiger partial charge is 0.467 e. The van der Waals surface area contributed by atoms with E-state index in [1.165, 1.54) is 32.5 Å². The van der Waals surface area contributed by atoms with Gasteiger partial charge in [0.25, 0.3) is 0 Å². The molecule has 9 nitrogen and oxygen atoms in total. The summed E-state index contributed by atoms with van der Waals surface area (Å²) < 4.78 is 35.3. The lowest BCUT2D eigenvalue weighted by molar-refractivity contribution is 0.0904. The molecular formula is C16H16N4O5S. The number of hydrogen-bond acceptors (Lipinski definition) is 7. The van der Waals surface area contributed by atoms with Crippen LogP contribution in [0.3, 0.4) is 0 Å². The molecule has 0 aliphatic heterocycles. The molecule has 2 heterocycles. The van der Waals surface area contributed by atoms with Crippen molar-refractivity contribution in [1.82, 2.24) is 19.8 Å². The Morgan fingerprint density at radius 1 is 1.19 bits per heavy atom. The van der Waals surface area contributed by atoms with E-state index in [0.717, 1.165) is 4.31 Å². The predicted molar refractivity (Wildman–Crippen MR) is 90.5 cm³/mol. The molecule has 0 saturated heterocycles. The number of carbonyl (C=O) groups is 1. The minimum absolute atomic E-state index is 0.145. The fourth-order valence-corrected chi connectivity index (χ4v) is 2.98. The Kier molecular flexibility index (Phi) is 4.87. The van der Waals surface area contributed by atoms with Crippen LogP contribution in [0, 0.1) is 0 Å². The Hall–Kier alpha value is -2.98. The van der Waals surface area contributed by atoms with Gasteiger partial charge in [-0.2, -0.15) is 4.98 Å². The van der Waals surface area contributed by atoms with E-state index in [4.69, 9.17) is 8.94 Å². The molecule has 0 saturated carbocycles. The molecular weight excluding hydrogens is 360 g/mol. The molecule has 0 radical (unpaired) electrons. The first kappa shape index (κ1) is 17.8. The molecule has 0 unspecified atom stereocenters. The zero-order chi connectivity index (χ0) is 18.7. The lowest BCUT2D eigenvalue weighted by Gasteiger charge is -2.11. The summed E-state index contributed by atoms with van der Waals surface area (Å²) >= 11 is 0. The summed E-state index contributed by atoms with van der Waals surface area (Å²) in [6.07, 6.45) is 1.51. The molecule has 0 atom stereocenters. The number of aromatic nitrogens is 2. The molecule has 3 rings (SSSR count). The maximum absolute atomic E-state index is 12.1. The standard InChI is InChI=1S/C16H16N4O5S/c1-20(2)26(22,23)13-7-5-11(6-8-13)14-18-16(25-19-14)15(21)17-10-12-4-3-9-24-12/h3-9H,10H2,1-2H3,(H,17,21). The second-order valence-electron chi connectivity index (χ2n) is 5.50. The molecule has 0 bridgehead atoms. The molecule has 2 aromatic heterocycles. The van der Waals surface area contributed by atoms with Gasteiger partial charge in [-0.3, -0.25) is 4.79 Å². The third kappa shape index (κ3) is 3.65. The molecule has 1 N–H and O–H groups in total. The van der Waals surface area contributed by atoms with Crippen LogP contribution in [0.15, 0.2) is 56.5 Å². The fourth-order valence-electron chi connectivity index (χ4n) is 2.08. The molecule has 0 spiro atoms. The van der Waals surface area contributed by atoms with E-state index < -0.39 is 15.9 Å². The minimum atomic E-state index is -3.52. The van der Waals surface area contributed by atoms with Gasteiger partial charge in [-0.25, -0.2) is 12.7 Å². The van der Waals surface area contributed by atoms with Crippen molar-refractivity contribution < 1.29 is 22.2 Å². The minimum Gasteiger partial charge on any atom is -0.467 e. The van der Waals surface area contributed by atoms with E-state index in [-0.39, 0.29) is 23.2 Å². The number of rotatable bonds is 6. The van der Waals surface area contributed by atoms with Gasteiger partial charge in [-0.05, 0) is 36.4 Å². The maximum Gasteiger partial charge on any atom is 0.316 e. The Morgan fingerprint density at radius 3 is 2.54 bits per heavy atom. The highest BCUT2D eigenvalue weighted by molar-refractivity contribution is 7.89. The summed E-state index contributed by atoms with van der Waals surface area (Å²) in [6.45, 7) is 0.195. The van der Waals surface area contributed by atoms with Crippen molar-refractivity contribution in [2.24, 2.45) is 0 Å². The number of sulfonamides is 1. The van der Waals surface area contributed by atoms with Crippen molar-refractivity contribution in [1.29, 1.82) is 0 Å². The molecule has 136 valence electrons. The van der Waals surface area contributed by atoms with Crippen molar-refractivity contribution in [3.8, 4) is 11.4 Å². The Morgan fingerprint density at radius 2 is 1.92 bits per heavy atom. The van der Waals surface area contributed by atoms with E-state index in [1.54, 1.807) is 24.3 Å². The van der Waals surface area contributed by atoms with Crippen molar-refractivity contribution >= 4 is 15.9 Å². The molecule has 0 aliphatic carbocycles. The monoisotopic (exact) mass is 376 g/mol. The first-order chi connectivity index (χ1) is 12.4. The summed E-state index contributed by atoms with van der Waals surface area (Å²) in [7, 11) is -0.608. The molecule has 3 aromatic rings. The van der Waals surface area contributed by atoms with Crippen LogP contribution in [0.1, 0.15) is 16.4 Å². The third-order valence-electron chi connectivity index (χ3n) is 3.51. The van der Waals surface area contributed by atoms with Gasteiger partial charge in [0.05, 0.1) is 17.7 Å². The summed E-state index contributed by atoms with van der Waals surface area (Å²) in [5, 5.41) is 6.34. The average molecular weight is 376 g/mol. The van der Waals surface area contributed by atoms with Crippen molar-refractivity contribution in [2.45, 2.75) is 11.4 Å². The highest BCUT2D eigenvalue weighted by atomic mass is 32.2. The van der Waals surface area contributed by atoms with Crippen LogP contribution >= 0.6 is 0 Å². The zero-order valence-electron chi connectivity index (χ0n) is 14.0. The smallest absolute Gasteiger partial charge is 0.316 e. The summed E-state index contributed by atoms with van der Waals surface area (Å²) in [4.78, 5) is 16.2. The number of amides is 1. The Balaban J connectivity index is 1.72. The topological polar surface area (TPSA) is 119 Å². The van der Waals surface area contributed by atoms with E-state index >= 15 is 0 Å². The summed E-state index contributed by atoms with van der Waals surface area (Å²) in [6, 6.07) is 9.42. The van der Waals surface area contributed by atoms with Gasteiger partial charge in [-0.1, -0.05) is 5.16 Å². The van der Waals surface area contributed by atoms with Gasteiger partial charge in [-0.15, -0.1) is 0 Å². The lowest BCUT2D eigenvalue weighted by atomic mass is 10.2. The normalized spacial score (nSPS) is 11.7. The first-order valence-corrected chi connectivity index (χ1v) is 8.99. The number of benzene rings is 1. The second kappa shape index (κ2) is 7.10. The van der Waals surface area contributed by atoms with Crippen LogP contribution in [0.5, 0.6) is 0 Å². The van der Waals surface area contributed by atoms with E-state index in [1.807, 2.05) is 0 Å². The Labute approximate surface area is 149 Å². The molecule has 26 heavy (non-hydrogen) atoms. The van der Waals surface area contributed by atoms with Gasteiger partial charge < -0.3 is 14.3 Å². The number of hydrogen-bond donors (Lipinski definition) is 1. The van der Waals surface area contributed by atoms with E-state index in [2.05, 4.69) is 15.5 Å². The van der Waals surface area contributed by atoms with Gasteiger partial charge in [0.2, 0.25) is 15.8 Å². The van der Waals surface area contributed by atoms with Crippen molar-refractivity contribution in [2.75, 3.05) is 14.1 Å². The van der Waals surface area contributed by atoms with Gasteiger partial charge in [0.1, 0.15) is 5.76 Å².